The molecule has 558 valence electrons. The van der Waals surface area contributed by atoms with Gasteiger partial charge in [-0.3, -0.25) is 9.59 Å². The van der Waals surface area contributed by atoms with Crippen LogP contribution in [0, 0.1) is 17.8 Å². The predicted molar refractivity (Wildman–Crippen MR) is 401 cm³/mol. The fourth-order valence-corrected chi connectivity index (χ4v) is 13.5. The number of ether oxygens (including phenoxy) is 5. The maximum absolute atomic E-state index is 12.6. The third-order valence-electron chi connectivity index (χ3n) is 19.8. The van der Waals surface area contributed by atoms with Gasteiger partial charge in [-0.1, -0.05) is 273 Å². The number of allylic oxidation sites excluding steroid dienone is 1. The molecule has 12 heteroatoms. The van der Waals surface area contributed by atoms with Crippen molar-refractivity contribution in [3.05, 3.63) is 5.76 Å². The zero-order valence-corrected chi connectivity index (χ0v) is 64.0. The molecule has 0 rings (SSSR count). The summed E-state index contributed by atoms with van der Waals surface area (Å²) >= 11 is 0. The summed E-state index contributed by atoms with van der Waals surface area (Å²) in [5.74, 6) is 4.74. The van der Waals surface area contributed by atoms with Crippen molar-refractivity contribution in [2.45, 2.75) is 389 Å². The van der Waals surface area contributed by atoms with E-state index in [-0.39, 0.29) is 24.8 Å². The molecule has 12 nitrogen and oxygen atoms in total. The van der Waals surface area contributed by atoms with Gasteiger partial charge in [0, 0.05) is 45.5 Å². The Bertz CT molecular complexity index is 1590. The lowest BCUT2D eigenvalue weighted by Crippen LogP contribution is -2.31. The van der Waals surface area contributed by atoms with E-state index in [4.69, 9.17) is 23.7 Å². The first kappa shape index (κ1) is 92.0. The van der Waals surface area contributed by atoms with E-state index in [9.17, 15) is 19.5 Å². The topological polar surface area (TPSA) is 127 Å². The zero-order valence-electron chi connectivity index (χ0n) is 64.0. The highest BCUT2D eigenvalue weighted by Gasteiger charge is 2.16. The Morgan fingerprint density at radius 3 is 0.968 bits per heavy atom. The van der Waals surface area contributed by atoms with Gasteiger partial charge in [-0.05, 0) is 148 Å². The molecule has 0 radical (unpaired) electrons. The van der Waals surface area contributed by atoms with E-state index in [0.29, 0.717) is 75.8 Å². The number of hydrogen-bond acceptors (Lipinski definition) is 12. The van der Waals surface area contributed by atoms with Crippen LogP contribution in [0.15, 0.2) is 5.76 Å². The van der Waals surface area contributed by atoms with Gasteiger partial charge in [0.2, 0.25) is 0 Å². The Labute approximate surface area is 584 Å². The number of nitrogens with zero attached hydrogens (tertiary/aromatic N) is 3. The van der Waals surface area contributed by atoms with E-state index in [1.165, 1.54) is 231 Å². The standard InChI is InChI=1S/C82H161N3O9/c1-9-15-33-49-77(50-34-16-10-2)58-72-92-80(75-87)55-39-27-21-24-30-42-63-84(64-43-31-25-22-28-40-56-81(88)93-73-59-78(51-35-17-11-3)52-36-18-12-4)67-47-70-90-76(7)91-71-48-68-85(66-45-61-83(8)62-46-69-86)65-44-32-26-23-29-41-57-82(89)94-74-60-79(53-37-19-13-5)54-38-20-14-6/h76-79,86H,9-74H2,1-8H3. The van der Waals surface area contributed by atoms with Crippen LogP contribution in [0.3, 0.4) is 0 Å². The summed E-state index contributed by atoms with van der Waals surface area (Å²) in [5.41, 5.74) is 0. The largest absolute Gasteiger partial charge is 0.487 e. The number of unbranched alkanes of at least 4 members (excludes halogenated alkanes) is 27. The van der Waals surface area contributed by atoms with E-state index in [0.717, 1.165) is 136 Å². The Morgan fingerprint density at radius 2 is 0.628 bits per heavy atom. The number of carbonyl (C=O) groups excluding carboxylic acids is 3. The highest BCUT2D eigenvalue weighted by molar-refractivity contribution is 5.69. The molecule has 1 N–H and O–H groups in total. The summed E-state index contributed by atoms with van der Waals surface area (Å²) in [7, 11) is 2.16. The van der Waals surface area contributed by atoms with E-state index >= 15 is 0 Å². The van der Waals surface area contributed by atoms with Crippen molar-refractivity contribution in [3.63, 3.8) is 0 Å². The summed E-state index contributed by atoms with van der Waals surface area (Å²) in [6.45, 7) is 27.5. The van der Waals surface area contributed by atoms with Crippen molar-refractivity contribution in [2.24, 2.45) is 17.8 Å². The van der Waals surface area contributed by atoms with Gasteiger partial charge in [0.15, 0.2) is 18.0 Å². The lowest BCUT2D eigenvalue weighted by Gasteiger charge is -2.25. The van der Waals surface area contributed by atoms with Gasteiger partial charge in [-0.25, -0.2) is 4.79 Å². The Hall–Kier alpha value is -2.05. The van der Waals surface area contributed by atoms with E-state index in [1.807, 2.05) is 0 Å². The van der Waals surface area contributed by atoms with Crippen LogP contribution in [-0.4, -0.2) is 143 Å². The van der Waals surface area contributed by atoms with Gasteiger partial charge in [-0.15, -0.1) is 0 Å². The zero-order chi connectivity index (χ0) is 68.7. The second-order valence-corrected chi connectivity index (χ2v) is 28.8. The van der Waals surface area contributed by atoms with E-state index in [1.54, 1.807) is 0 Å². The average molecular weight is 1330 g/mol. The number of aliphatic hydroxyl groups is 1. The maximum Gasteiger partial charge on any atom is 0.305 e. The summed E-state index contributed by atoms with van der Waals surface area (Å²) in [5, 5.41) is 9.34. The number of hydrogen-bond donors (Lipinski definition) is 1. The molecular weight excluding hydrogens is 1170 g/mol. The predicted octanol–water partition coefficient (Wildman–Crippen LogP) is 22.0. The number of aliphatic hydroxyl groups excluding tert-OH is 1. The summed E-state index contributed by atoms with van der Waals surface area (Å²) in [6.07, 6.45) is 60.0. The molecule has 0 saturated carbocycles. The minimum absolute atomic E-state index is 0.00812. The van der Waals surface area contributed by atoms with Crippen molar-refractivity contribution in [3.8, 4) is 0 Å². The molecule has 0 aliphatic heterocycles. The molecule has 0 aliphatic carbocycles. The Balaban J connectivity index is 5.03. The van der Waals surface area contributed by atoms with Crippen molar-refractivity contribution in [2.75, 3.05) is 99.0 Å². The van der Waals surface area contributed by atoms with Crippen LogP contribution in [0.25, 0.3) is 0 Å². The first-order valence-electron chi connectivity index (χ1n) is 41.2. The van der Waals surface area contributed by atoms with Crippen LogP contribution < -0.4 is 0 Å². The van der Waals surface area contributed by atoms with Crippen LogP contribution in [0.2, 0.25) is 0 Å². The van der Waals surface area contributed by atoms with Crippen LogP contribution in [0.1, 0.15) is 382 Å². The third kappa shape index (κ3) is 64.6. The van der Waals surface area contributed by atoms with Gasteiger partial charge in [0.25, 0.3) is 0 Å². The second-order valence-electron chi connectivity index (χ2n) is 28.8. The summed E-state index contributed by atoms with van der Waals surface area (Å²) in [4.78, 5) is 44.6. The fraction of sp³-hybridized carbons (Fsp3) is 0.951. The van der Waals surface area contributed by atoms with Crippen LogP contribution in [0.4, 0.5) is 0 Å². The molecule has 0 aliphatic rings. The SMILES string of the molecule is CCCCCC(CCCCC)CCOC(=O)CCCCCCCCN(CCCCCCCCC(=C=O)OCCC(CCCCC)CCCCC)CCCOC(C)OCCCN(CCCCCCCCC(=O)OCCC(CCCCC)CCCCC)CCCN(C)CCCO. The number of rotatable bonds is 78. The highest BCUT2D eigenvalue weighted by Crippen LogP contribution is 2.25. The van der Waals surface area contributed by atoms with Crippen molar-refractivity contribution >= 4 is 17.9 Å². The molecular formula is C82H161N3O9. The minimum atomic E-state index is -0.232. The monoisotopic (exact) mass is 1330 g/mol. The minimum Gasteiger partial charge on any atom is -0.487 e. The molecule has 0 spiro atoms. The first-order valence-corrected chi connectivity index (χ1v) is 41.2. The quantitative estimate of drug-likeness (QED) is 0.0205. The smallest absolute Gasteiger partial charge is 0.305 e. The lowest BCUT2D eigenvalue weighted by molar-refractivity contribution is -0.145. The van der Waals surface area contributed by atoms with E-state index < -0.39 is 0 Å². The normalized spacial score (nSPS) is 12.2. The van der Waals surface area contributed by atoms with Gasteiger partial charge in [0.05, 0.1) is 33.0 Å². The summed E-state index contributed by atoms with van der Waals surface area (Å²) in [6, 6.07) is 0. The highest BCUT2D eigenvalue weighted by atomic mass is 16.7. The van der Waals surface area contributed by atoms with Crippen molar-refractivity contribution in [1.82, 2.24) is 14.7 Å². The van der Waals surface area contributed by atoms with Crippen molar-refractivity contribution in [1.29, 1.82) is 0 Å². The first-order chi connectivity index (χ1) is 46.1. The number of esters is 2. The van der Waals surface area contributed by atoms with E-state index in [2.05, 4.69) is 76.2 Å². The second kappa shape index (κ2) is 73.7. The maximum atomic E-state index is 12.6. The molecule has 94 heavy (non-hydrogen) atoms. The molecule has 0 aromatic rings. The average Bonchev–Trinajstić information content (AvgIpc) is 3.77. The van der Waals surface area contributed by atoms with Crippen molar-refractivity contribution < 1.29 is 43.2 Å². The molecule has 0 saturated heterocycles. The van der Waals surface area contributed by atoms with Gasteiger partial charge in [0.1, 0.15) is 0 Å². The molecule has 0 aromatic carbocycles. The molecule has 0 aromatic heterocycles. The lowest BCUT2D eigenvalue weighted by atomic mass is 9.92. The molecule has 0 bridgehead atoms. The van der Waals surface area contributed by atoms with Crippen LogP contribution in [-0.2, 0) is 38.1 Å². The van der Waals surface area contributed by atoms with Gasteiger partial charge < -0.3 is 43.5 Å². The molecule has 1 unspecified atom stereocenters. The fourth-order valence-electron chi connectivity index (χ4n) is 13.5. The summed E-state index contributed by atoms with van der Waals surface area (Å²) < 4.78 is 30.0. The molecule has 0 heterocycles. The van der Waals surface area contributed by atoms with Crippen LogP contribution in [0.5, 0.6) is 0 Å². The Morgan fingerprint density at radius 1 is 0.330 bits per heavy atom. The van der Waals surface area contributed by atoms with Gasteiger partial charge >= 0.3 is 11.9 Å². The van der Waals surface area contributed by atoms with Gasteiger partial charge in [-0.2, -0.15) is 0 Å². The number of carbonyl (C=O) groups is 2. The third-order valence-corrected chi connectivity index (χ3v) is 19.8. The Kier molecular flexibility index (Phi) is 72.1. The van der Waals surface area contributed by atoms with Crippen LogP contribution >= 0.6 is 0 Å². The molecule has 0 amide bonds. The molecule has 1 atom stereocenters. The molecule has 0 fully saturated rings.